The third-order valence-electron chi connectivity index (χ3n) is 5.95. The molecule has 0 fully saturated rings. The molecule has 1 atom stereocenters. The second-order valence-electron chi connectivity index (χ2n) is 9.40. The largest absolute Gasteiger partial charge is 0.483 e. The summed E-state index contributed by atoms with van der Waals surface area (Å²) in [5.41, 5.74) is 3.08. The second-order valence-corrected chi connectivity index (χ2v) is 11.2. The SMILES string of the molecule is CCc1ccc(OCC(=O)N(Cc2cccc(Br)c2)[C@@H](Cc2ccccc2)C(=O)NCC(C)C)c(Br)c1. The molecule has 0 unspecified atom stereocenters. The molecule has 196 valence electrons. The fourth-order valence-electron chi connectivity index (χ4n) is 3.91. The van der Waals surface area contributed by atoms with Crippen molar-refractivity contribution in [3.8, 4) is 5.75 Å². The number of nitrogens with one attached hydrogen (secondary N) is 1. The van der Waals surface area contributed by atoms with Crippen LogP contribution in [-0.2, 0) is 29.0 Å². The molecule has 1 N–H and O–H groups in total. The number of hydrogen-bond acceptors (Lipinski definition) is 3. The van der Waals surface area contributed by atoms with E-state index in [0.29, 0.717) is 24.6 Å². The molecule has 0 bridgehead atoms. The molecule has 0 saturated carbocycles. The fraction of sp³-hybridized carbons (Fsp3) is 0.333. The summed E-state index contributed by atoms with van der Waals surface area (Å²) in [5.74, 6) is 0.459. The zero-order valence-electron chi connectivity index (χ0n) is 21.5. The Morgan fingerprint density at radius 3 is 2.30 bits per heavy atom. The van der Waals surface area contributed by atoms with Gasteiger partial charge in [-0.2, -0.15) is 0 Å². The average molecular weight is 630 g/mol. The van der Waals surface area contributed by atoms with E-state index >= 15 is 0 Å². The lowest BCUT2D eigenvalue weighted by molar-refractivity contribution is -0.142. The number of ether oxygens (including phenoxy) is 1. The van der Waals surface area contributed by atoms with Gasteiger partial charge in [0, 0.05) is 24.0 Å². The highest BCUT2D eigenvalue weighted by Crippen LogP contribution is 2.26. The molecule has 5 nitrogen and oxygen atoms in total. The number of amides is 2. The average Bonchev–Trinajstić information content (AvgIpc) is 2.89. The molecule has 0 aliphatic heterocycles. The third kappa shape index (κ3) is 9.00. The Balaban J connectivity index is 1.90. The zero-order valence-corrected chi connectivity index (χ0v) is 24.7. The highest BCUT2D eigenvalue weighted by molar-refractivity contribution is 9.10. The van der Waals surface area contributed by atoms with Gasteiger partial charge >= 0.3 is 0 Å². The summed E-state index contributed by atoms with van der Waals surface area (Å²) in [6.45, 7) is 6.82. The van der Waals surface area contributed by atoms with E-state index in [2.05, 4.69) is 44.1 Å². The molecule has 0 saturated heterocycles. The Bertz CT molecular complexity index is 1180. The summed E-state index contributed by atoms with van der Waals surface area (Å²) in [4.78, 5) is 28.8. The summed E-state index contributed by atoms with van der Waals surface area (Å²) in [6, 6.07) is 22.7. The van der Waals surface area contributed by atoms with Crippen LogP contribution in [0.15, 0.2) is 81.7 Å². The van der Waals surface area contributed by atoms with Gasteiger partial charge < -0.3 is 15.0 Å². The Morgan fingerprint density at radius 1 is 0.919 bits per heavy atom. The molecule has 0 aliphatic carbocycles. The number of carbonyl (C=O) groups is 2. The molecule has 0 radical (unpaired) electrons. The lowest BCUT2D eigenvalue weighted by Gasteiger charge is -2.32. The summed E-state index contributed by atoms with van der Waals surface area (Å²) < 4.78 is 7.65. The van der Waals surface area contributed by atoms with Gasteiger partial charge in [0.2, 0.25) is 5.91 Å². The molecule has 0 aromatic heterocycles. The zero-order chi connectivity index (χ0) is 26.8. The van der Waals surface area contributed by atoms with E-state index in [9.17, 15) is 9.59 Å². The first-order valence-electron chi connectivity index (χ1n) is 12.5. The minimum absolute atomic E-state index is 0.172. The van der Waals surface area contributed by atoms with Crippen LogP contribution < -0.4 is 10.1 Å². The van der Waals surface area contributed by atoms with Crippen molar-refractivity contribution < 1.29 is 14.3 Å². The standard InChI is InChI=1S/C30H34Br2N2O3/c1-4-22-13-14-28(26(32)16-22)37-20-29(35)34(19-24-11-8-12-25(31)15-24)27(30(36)33-18-21(2)3)17-23-9-6-5-7-10-23/h5-16,21,27H,4,17-20H2,1-3H3,(H,33,36)/t27-/m0/s1. The quantitative estimate of drug-likeness (QED) is 0.247. The van der Waals surface area contributed by atoms with Crippen LogP contribution in [0.4, 0.5) is 0 Å². The Labute approximate surface area is 236 Å². The molecular weight excluding hydrogens is 596 g/mol. The van der Waals surface area contributed by atoms with E-state index in [0.717, 1.165) is 26.5 Å². The van der Waals surface area contributed by atoms with Crippen molar-refractivity contribution >= 4 is 43.7 Å². The first kappa shape index (κ1) is 28.9. The molecule has 7 heteroatoms. The minimum atomic E-state index is -0.692. The molecule has 3 aromatic carbocycles. The van der Waals surface area contributed by atoms with Crippen LogP contribution in [-0.4, -0.2) is 35.9 Å². The Morgan fingerprint density at radius 2 is 1.65 bits per heavy atom. The normalized spacial score (nSPS) is 11.7. The van der Waals surface area contributed by atoms with Crippen LogP contribution in [0.25, 0.3) is 0 Å². The fourth-order valence-corrected chi connectivity index (χ4v) is 4.90. The molecule has 2 amide bonds. The molecule has 0 heterocycles. The van der Waals surface area contributed by atoms with Crippen molar-refractivity contribution in [3.05, 3.63) is 98.4 Å². The maximum atomic E-state index is 13.7. The summed E-state index contributed by atoms with van der Waals surface area (Å²) in [7, 11) is 0. The van der Waals surface area contributed by atoms with E-state index in [-0.39, 0.29) is 25.0 Å². The molecule has 3 aromatic rings. The molecule has 0 spiro atoms. The van der Waals surface area contributed by atoms with Crippen molar-refractivity contribution in [2.75, 3.05) is 13.2 Å². The molecule has 37 heavy (non-hydrogen) atoms. The third-order valence-corrected chi connectivity index (χ3v) is 7.07. The van der Waals surface area contributed by atoms with E-state index in [4.69, 9.17) is 4.74 Å². The lowest BCUT2D eigenvalue weighted by Crippen LogP contribution is -2.52. The van der Waals surface area contributed by atoms with Gasteiger partial charge in [-0.05, 0) is 69.2 Å². The van der Waals surface area contributed by atoms with Crippen molar-refractivity contribution in [1.82, 2.24) is 10.2 Å². The van der Waals surface area contributed by atoms with Crippen LogP contribution in [0.5, 0.6) is 5.75 Å². The van der Waals surface area contributed by atoms with Gasteiger partial charge in [0.25, 0.3) is 5.91 Å². The van der Waals surface area contributed by atoms with Crippen LogP contribution >= 0.6 is 31.9 Å². The van der Waals surface area contributed by atoms with E-state index in [1.165, 1.54) is 5.56 Å². The number of benzene rings is 3. The highest BCUT2D eigenvalue weighted by atomic mass is 79.9. The van der Waals surface area contributed by atoms with Gasteiger partial charge in [-0.25, -0.2) is 0 Å². The van der Waals surface area contributed by atoms with Crippen LogP contribution in [0.2, 0.25) is 0 Å². The maximum absolute atomic E-state index is 13.7. The number of halogens is 2. The Hall–Kier alpha value is -2.64. The minimum Gasteiger partial charge on any atom is -0.483 e. The first-order chi connectivity index (χ1) is 17.8. The molecule has 3 rings (SSSR count). The van der Waals surface area contributed by atoms with Crippen molar-refractivity contribution in [1.29, 1.82) is 0 Å². The van der Waals surface area contributed by atoms with Crippen LogP contribution in [0, 0.1) is 5.92 Å². The maximum Gasteiger partial charge on any atom is 0.261 e. The van der Waals surface area contributed by atoms with Gasteiger partial charge in [-0.1, -0.05) is 85.2 Å². The van der Waals surface area contributed by atoms with Gasteiger partial charge in [-0.15, -0.1) is 0 Å². The number of hydrogen-bond donors (Lipinski definition) is 1. The number of rotatable bonds is 12. The van der Waals surface area contributed by atoms with Crippen molar-refractivity contribution in [3.63, 3.8) is 0 Å². The van der Waals surface area contributed by atoms with Crippen LogP contribution in [0.3, 0.4) is 0 Å². The highest BCUT2D eigenvalue weighted by Gasteiger charge is 2.31. The van der Waals surface area contributed by atoms with Gasteiger partial charge in [0.15, 0.2) is 6.61 Å². The number of aryl methyl sites for hydroxylation is 1. The summed E-state index contributed by atoms with van der Waals surface area (Å²) in [6.07, 6.45) is 1.31. The van der Waals surface area contributed by atoms with Gasteiger partial charge in [-0.3, -0.25) is 9.59 Å². The monoisotopic (exact) mass is 628 g/mol. The lowest BCUT2D eigenvalue weighted by atomic mass is 10.0. The van der Waals surface area contributed by atoms with E-state index in [1.54, 1.807) is 4.90 Å². The first-order valence-corrected chi connectivity index (χ1v) is 14.1. The number of carbonyl (C=O) groups excluding carboxylic acids is 2. The summed E-state index contributed by atoms with van der Waals surface area (Å²) >= 11 is 7.07. The topological polar surface area (TPSA) is 58.6 Å². The predicted molar refractivity (Wildman–Crippen MR) is 155 cm³/mol. The van der Waals surface area contributed by atoms with E-state index < -0.39 is 6.04 Å². The molecule has 0 aliphatic rings. The van der Waals surface area contributed by atoms with Gasteiger partial charge in [0.05, 0.1) is 4.47 Å². The van der Waals surface area contributed by atoms with Crippen molar-refractivity contribution in [2.24, 2.45) is 5.92 Å². The molecular formula is C30H34Br2N2O3. The Kier molecular flexibility index (Phi) is 11.2. The second kappa shape index (κ2) is 14.3. The number of nitrogens with zero attached hydrogens (tertiary/aromatic N) is 1. The summed E-state index contributed by atoms with van der Waals surface area (Å²) in [5, 5.41) is 3.04. The van der Waals surface area contributed by atoms with Crippen molar-refractivity contribution in [2.45, 2.75) is 46.2 Å². The van der Waals surface area contributed by atoms with E-state index in [1.807, 2.05) is 86.6 Å². The predicted octanol–water partition coefficient (Wildman–Crippen LogP) is 6.57. The van der Waals surface area contributed by atoms with Gasteiger partial charge in [0.1, 0.15) is 11.8 Å². The smallest absolute Gasteiger partial charge is 0.261 e. The van der Waals surface area contributed by atoms with Crippen LogP contribution in [0.1, 0.15) is 37.5 Å².